The maximum absolute atomic E-state index is 10.3. The molecule has 0 radical (unpaired) electrons. The molecule has 0 rings (SSSR count). The molecule has 4 nitrogen and oxygen atoms in total. The maximum Gasteiger partial charge on any atom is 0.303 e. The SMILES string of the molecule is CC(=O)O.CCC/C=C\CCCCCCCCCCC(=O)O. The molecular formula is C18H34O4. The summed E-state index contributed by atoms with van der Waals surface area (Å²) in [5, 5.41) is 15.9. The van der Waals surface area contributed by atoms with Crippen molar-refractivity contribution in [3.05, 3.63) is 12.2 Å². The molecule has 0 spiro atoms. The number of aliphatic carboxylic acids is 2. The summed E-state index contributed by atoms with van der Waals surface area (Å²) < 4.78 is 0. The van der Waals surface area contributed by atoms with Crippen LogP contribution in [0.3, 0.4) is 0 Å². The minimum Gasteiger partial charge on any atom is -0.481 e. The van der Waals surface area contributed by atoms with Gasteiger partial charge in [-0.2, -0.15) is 0 Å². The molecule has 0 aliphatic heterocycles. The third-order valence-electron chi connectivity index (χ3n) is 3.13. The number of unbranched alkanes of at least 4 members (excludes halogenated alkanes) is 9. The Morgan fingerprint density at radius 2 is 1.18 bits per heavy atom. The van der Waals surface area contributed by atoms with Crippen molar-refractivity contribution in [2.75, 3.05) is 0 Å². The molecular weight excluding hydrogens is 280 g/mol. The highest BCUT2D eigenvalue weighted by Crippen LogP contribution is 2.10. The van der Waals surface area contributed by atoms with E-state index in [9.17, 15) is 4.79 Å². The van der Waals surface area contributed by atoms with E-state index in [1.165, 1.54) is 57.8 Å². The van der Waals surface area contributed by atoms with Gasteiger partial charge in [-0.15, -0.1) is 0 Å². The van der Waals surface area contributed by atoms with Gasteiger partial charge in [0.15, 0.2) is 0 Å². The predicted molar refractivity (Wildman–Crippen MR) is 91.2 cm³/mol. The molecule has 0 aliphatic rings. The van der Waals surface area contributed by atoms with Crippen LogP contribution in [-0.4, -0.2) is 22.2 Å². The minimum atomic E-state index is -0.833. The second-order valence-corrected chi connectivity index (χ2v) is 5.54. The molecule has 0 aromatic heterocycles. The molecule has 22 heavy (non-hydrogen) atoms. The van der Waals surface area contributed by atoms with Gasteiger partial charge in [-0.3, -0.25) is 9.59 Å². The van der Waals surface area contributed by atoms with Gasteiger partial charge in [-0.25, -0.2) is 0 Å². The smallest absolute Gasteiger partial charge is 0.303 e. The quantitative estimate of drug-likeness (QED) is 0.351. The lowest BCUT2D eigenvalue weighted by Gasteiger charge is -2.00. The fourth-order valence-electron chi connectivity index (χ4n) is 2.00. The van der Waals surface area contributed by atoms with Crippen molar-refractivity contribution < 1.29 is 19.8 Å². The van der Waals surface area contributed by atoms with Crippen LogP contribution in [0.2, 0.25) is 0 Å². The zero-order valence-corrected chi connectivity index (χ0v) is 14.4. The highest BCUT2D eigenvalue weighted by atomic mass is 16.4. The Hall–Kier alpha value is -1.32. The van der Waals surface area contributed by atoms with Crippen molar-refractivity contribution in [3.63, 3.8) is 0 Å². The van der Waals surface area contributed by atoms with Crippen LogP contribution in [-0.2, 0) is 9.59 Å². The second kappa shape index (κ2) is 19.7. The molecule has 0 aromatic rings. The monoisotopic (exact) mass is 314 g/mol. The highest BCUT2D eigenvalue weighted by molar-refractivity contribution is 5.66. The molecule has 130 valence electrons. The van der Waals surface area contributed by atoms with E-state index in [1.54, 1.807) is 0 Å². The molecule has 0 saturated carbocycles. The van der Waals surface area contributed by atoms with Crippen molar-refractivity contribution in [2.45, 2.75) is 90.9 Å². The molecule has 0 aromatic carbocycles. The first-order chi connectivity index (χ1) is 10.5. The number of carboxylic acids is 2. The van der Waals surface area contributed by atoms with E-state index >= 15 is 0 Å². The van der Waals surface area contributed by atoms with Gasteiger partial charge >= 0.3 is 5.97 Å². The Balaban J connectivity index is 0. The molecule has 0 amide bonds. The minimum absolute atomic E-state index is 0.337. The van der Waals surface area contributed by atoms with Crippen LogP contribution in [0, 0.1) is 0 Å². The van der Waals surface area contributed by atoms with Crippen molar-refractivity contribution in [3.8, 4) is 0 Å². The van der Waals surface area contributed by atoms with Gasteiger partial charge < -0.3 is 10.2 Å². The van der Waals surface area contributed by atoms with Crippen molar-refractivity contribution in [1.82, 2.24) is 0 Å². The normalized spacial score (nSPS) is 10.3. The zero-order chi connectivity index (χ0) is 17.1. The molecule has 0 saturated heterocycles. The Labute approximate surface area is 135 Å². The van der Waals surface area contributed by atoms with Gasteiger partial charge in [0.25, 0.3) is 5.97 Å². The van der Waals surface area contributed by atoms with Crippen LogP contribution in [0.25, 0.3) is 0 Å². The lowest BCUT2D eigenvalue weighted by molar-refractivity contribution is -0.137. The van der Waals surface area contributed by atoms with Crippen LogP contribution in [0.4, 0.5) is 0 Å². The van der Waals surface area contributed by atoms with Crippen LogP contribution in [0.15, 0.2) is 12.2 Å². The highest BCUT2D eigenvalue weighted by Gasteiger charge is 1.96. The topological polar surface area (TPSA) is 74.6 Å². The Kier molecular flexibility index (Phi) is 20.5. The summed E-state index contributed by atoms with van der Waals surface area (Å²) in [6.07, 6.45) is 18.3. The van der Waals surface area contributed by atoms with E-state index in [4.69, 9.17) is 15.0 Å². The molecule has 0 fully saturated rings. The van der Waals surface area contributed by atoms with E-state index in [2.05, 4.69) is 19.1 Å². The van der Waals surface area contributed by atoms with Crippen LogP contribution in [0.1, 0.15) is 90.9 Å². The number of carboxylic acid groups (broad SMARTS) is 2. The molecule has 0 unspecified atom stereocenters. The largest absolute Gasteiger partial charge is 0.481 e. The molecule has 4 heteroatoms. The summed E-state index contributed by atoms with van der Waals surface area (Å²) in [6, 6.07) is 0. The summed E-state index contributed by atoms with van der Waals surface area (Å²) in [4.78, 5) is 19.3. The molecule has 2 N–H and O–H groups in total. The molecule has 0 heterocycles. The van der Waals surface area contributed by atoms with Gasteiger partial charge in [-0.05, 0) is 25.7 Å². The first kappa shape index (κ1) is 23.0. The van der Waals surface area contributed by atoms with Crippen LogP contribution in [0.5, 0.6) is 0 Å². The standard InChI is InChI=1S/C16H30O2.C2H4O2/c1-2-3-4-5-6-7-8-9-10-11-12-13-14-15-16(17)18;1-2(3)4/h4-5H,2-3,6-15H2,1H3,(H,17,18);1H3,(H,3,4)/b5-4-;. The fraction of sp³-hybridized carbons (Fsp3) is 0.778. The van der Waals surface area contributed by atoms with E-state index in [0.29, 0.717) is 6.42 Å². The van der Waals surface area contributed by atoms with E-state index in [-0.39, 0.29) is 0 Å². The Morgan fingerprint density at radius 3 is 1.64 bits per heavy atom. The summed E-state index contributed by atoms with van der Waals surface area (Å²) in [6.45, 7) is 3.29. The van der Waals surface area contributed by atoms with Gasteiger partial charge in [0, 0.05) is 13.3 Å². The average molecular weight is 314 g/mol. The van der Waals surface area contributed by atoms with Crippen molar-refractivity contribution in [2.24, 2.45) is 0 Å². The lowest BCUT2D eigenvalue weighted by Crippen LogP contribution is -1.93. The summed E-state index contributed by atoms with van der Waals surface area (Å²) >= 11 is 0. The Bertz CT molecular complexity index is 281. The van der Waals surface area contributed by atoms with Gasteiger partial charge in [0.05, 0.1) is 0 Å². The van der Waals surface area contributed by atoms with Crippen LogP contribution >= 0.6 is 0 Å². The zero-order valence-electron chi connectivity index (χ0n) is 14.4. The Morgan fingerprint density at radius 1 is 0.773 bits per heavy atom. The third kappa shape index (κ3) is 31.2. The number of allylic oxidation sites excluding steroid dienone is 2. The molecule has 0 atom stereocenters. The van der Waals surface area contributed by atoms with E-state index in [0.717, 1.165) is 19.8 Å². The van der Waals surface area contributed by atoms with E-state index < -0.39 is 11.9 Å². The lowest BCUT2D eigenvalue weighted by atomic mass is 10.1. The molecule has 0 aliphatic carbocycles. The predicted octanol–water partition coefficient (Wildman–Crippen LogP) is 5.42. The van der Waals surface area contributed by atoms with Gasteiger partial charge in [-0.1, -0.05) is 64.0 Å². The number of hydrogen-bond acceptors (Lipinski definition) is 2. The second-order valence-electron chi connectivity index (χ2n) is 5.54. The van der Waals surface area contributed by atoms with Gasteiger partial charge in [0.1, 0.15) is 0 Å². The fourth-order valence-corrected chi connectivity index (χ4v) is 2.00. The van der Waals surface area contributed by atoms with Crippen molar-refractivity contribution in [1.29, 1.82) is 0 Å². The van der Waals surface area contributed by atoms with E-state index in [1.807, 2.05) is 0 Å². The summed E-state index contributed by atoms with van der Waals surface area (Å²) in [5.74, 6) is -1.49. The van der Waals surface area contributed by atoms with Crippen molar-refractivity contribution >= 4 is 11.9 Å². The van der Waals surface area contributed by atoms with Crippen LogP contribution < -0.4 is 0 Å². The summed E-state index contributed by atoms with van der Waals surface area (Å²) in [5.41, 5.74) is 0. The summed E-state index contributed by atoms with van der Waals surface area (Å²) in [7, 11) is 0. The first-order valence-corrected chi connectivity index (χ1v) is 8.57. The van der Waals surface area contributed by atoms with Gasteiger partial charge in [0.2, 0.25) is 0 Å². The maximum atomic E-state index is 10.3. The number of carbonyl (C=O) groups is 2. The number of hydrogen-bond donors (Lipinski definition) is 2. The molecule has 0 bridgehead atoms. The first-order valence-electron chi connectivity index (χ1n) is 8.57. The third-order valence-corrected chi connectivity index (χ3v) is 3.13. The average Bonchev–Trinajstić information content (AvgIpc) is 2.43. The number of rotatable bonds is 13.